The predicted octanol–water partition coefficient (Wildman–Crippen LogP) is 2.99. The molecule has 0 bridgehead atoms. The third kappa shape index (κ3) is 6.15. The number of likely N-dealkylation sites (tertiary alicyclic amines) is 1. The highest BCUT2D eigenvalue weighted by molar-refractivity contribution is 7.13. The molecule has 1 fully saturated rings. The zero-order valence-corrected chi connectivity index (χ0v) is 19.7. The molecule has 0 radical (unpaired) electrons. The maximum Gasteiger partial charge on any atom is 0.243 e. The van der Waals surface area contributed by atoms with Crippen LogP contribution in [0.4, 0.5) is 0 Å². The van der Waals surface area contributed by atoms with Crippen LogP contribution in [0.1, 0.15) is 56.7 Å². The Morgan fingerprint density at radius 1 is 1.28 bits per heavy atom. The number of aliphatic hydroxyl groups is 1. The van der Waals surface area contributed by atoms with Gasteiger partial charge in [0.25, 0.3) is 0 Å². The number of aliphatic hydroxyl groups excluding tert-OH is 1. The number of nitrogens with two attached hydrogens (primary N) is 1. The first-order valence-corrected chi connectivity index (χ1v) is 12.3. The first kappa shape index (κ1) is 24.4. The van der Waals surface area contributed by atoms with Gasteiger partial charge in [-0.25, -0.2) is 4.98 Å². The Morgan fingerprint density at radius 3 is 2.69 bits per heavy atom. The number of thiazole rings is 1. The van der Waals surface area contributed by atoms with Gasteiger partial charge in [-0.3, -0.25) is 9.59 Å². The summed E-state index contributed by atoms with van der Waals surface area (Å²) in [4.78, 5) is 32.5. The van der Waals surface area contributed by atoms with Gasteiger partial charge in [-0.1, -0.05) is 56.9 Å². The molecule has 32 heavy (non-hydrogen) atoms. The zero-order chi connectivity index (χ0) is 23.1. The molecule has 0 unspecified atom stereocenters. The predicted molar refractivity (Wildman–Crippen MR) is 127 cm³/mol. The van der Waals surface area contributed by atoms with E-state index in [1.54, 1.807) is 11.3 Å². The summed E-state index contributed by atoms with van der Waals surface area (Å²) in [7, 11) is 0. The second-order valence-electron chi connectivity index (χ2n) is 8.53. The van der Waals surface area contributed by atoms with Crippen molar-refractivity contribution in [2.24, 2.45) is 5.73 Å². The van der Waals surface area contributed by atoms with Crippen LogP contribution in [-0.2, 0) is 16.1 Å². The molecule has 1 aliphatic rings. The standard InChI is InChI=1S/C24H34N4O3S/c1-3-4-5-6-7-20(25)24(31)28-14-19(29)12-21(28)23(30)26-13-17-8-10-18(11-9-17)22-16(2)27-15-32-22/h8-11,15,19-21,29H,3-7,12-14,25H2,1-2H3,(H,26,30)/t19-,20+,21+/m1/s1. The number of nitrogens with zero attached hydrogens (tertiary/aromatic N) is 2. The maximum atomic E-state index is 12.8. The monoisotopic (exact) mass is 458 g/mol. The highest BCUT2D eigenvalue weighted by Crippen LogP contribution is 2.27. The van der Waals surface area contributed by atoms with E-state index in [-0.39, 0.29) is 24.8 Å². The molecule has 0 spiro atoms. The van der Waals surface area contributed by atoms with Crippen LogP contribution in [0.3, 0.4) is 0 Å². The van der Waals surface area contributed by atoms with Crippen molar-refractivity contribution < 1.29 is 14.7 Å². The molecule has 2 heterocycles. The Labute approximate surface area is 194 Å². The smallest absolute Gasteiger partial charge is 0.243 e. The maximum absolute atomic E-state index is 12.8. The second-order valence-corrected chi connectivity index (χ2v) is 9.39. The summed E-state index contributed by atoms with van der Waals surface area (Å²) >= 11 is 1.60. The van der Waals surface area contributed by atoms with E-state index >= 15 is 0 Å². The molecule has 3 atom stereocenters. The lowest BCUT2D eigenvalue weighted by Gasteiger charge is -2.26. The molecule has 4 N–H and O–H groups in total. The van der Waals surface area contributed by atoms with Crippen LogP contribution >= 0.6 is 11.3 Å². The average molecular weight is 459 g/mol. The molecular formula is C24H34N4O3S. The molecule has 3 rings (SSSR count). The first-order chi connectivity index (χ1) is 15.4. The Morgan fingerprint density at radius 2 is 2.03 bits per heavy atom. The molecule has 1 aliphatic heterocycles. The third-order valence-electron chi connectivity index (χ3n) is 5.98. The highest BCUT2D eigenvalue weighted by Gasteiger charge is 2.40. The van der Waals surface area contributed by atoms with Gasteiger partial charge in [0.15, 0.2) is 0 Å². The van der Waals surface area contributed by atoms with Crippen molar-refractivity contribution in [3.8, 4) is 10.4 Å². The number of carbonyl (C=O) groups excluding carboxylic acids is 2. The lowest BCUT2D eigenvalue weighted by molar-refractivity contribution is -0.139. The second kappa shape index (κ2) is 11.5. The van der Waals surface area contributed by atoms with Crippen molar-refractivity contribution in [1.29, 1.82) is 0 Å². The van der Waals surface area contributed by atoms with E-state index < -0.39 is 18.2 Å². The van der Waals surface area contributed by atoms with Gasteiger partial charge in [-0.15, -0.1) is 11.3 Å². The van der Waals surface area contributed by atoms with Crippen molar-refractivity contribution >= 4 is 23.2 Å². The lowest BCUT2D eigenvalue weighted by atomic mass is 10.1. The molecule has 2 amide bonds. The van der Waals surface area contributed by atoms with Crippen molar-refractivity contribution in [2.45, 2.75) is 77.1 Å². The number of rotatable bonds is 10. The number of β-amino-alcohol motifs (C(OH)–C–C–N with tert-alkyl or cyclic N) is 1. The molecule has 1 aromatic heterocycles. The number of nitrogens with one attached hydrogen (secondary N) is 1. The lowest BCUT2D eigenvalue weighted by Crippen LogP contribution is -2.51. The fourth-order valence-electron chi connectivity index (χ4n) is 4.09. The molecular weight excluding hydrogens is 424 g/mol. The van der Waals surface area contributed by atoms with Gasteiger partial charge in [-0.2, -0.15) is 0 Å². The van der Waals surface area contributed by atoms with Gasteiger partial charge < -0.3 is 21.1 Å². The quantitative estimate of drug-likeness (QED) is 0.474. The van der Waals surface area contributed by atoms with Crippen LogP contribution in [0.2, 0.25) is 0 Å². The Kier molecular flexibility index (Phi) is 8.78. The minimum absolute atomic E-state index is 0.155. The number of amides is 2. The van der Waals surface area contributed by atoms with Crippen LogP contribution in [-0.4, -0.2) is 51.5 Å². The topological polar surface area (TPSA) is 109 Å². The van der Waals surface area contributed by atoms with Crippen molar-refractivity contribution in [1.82, 2.24) is 15.2 Å². The Bertz CT molecular complexity index is 899. The number of hydrogen-bond donors (Lipinski definition) is 3. The van der Waals surface area contributed by atoms with Gasteiger partial charge in [0, 0.05) is 19.5 Å². The van der Waals surface area contributed by atoms with Crippen LogP contribution in [0.25, 0.3) is 10.4 Å². The number of carbonyl (C=O) groups is 2. The molecule has 0 aliphatic carbocycles. The fraction of sp³-hybridized carbons (Fsp3) is 0.542. The van der Waals surface area contributed by atoms with E-state index in [0.717, 1.165) is 47.4 Å². The normalized spacial score (nSPS) is 19.2. The van der Waals surface area contributed by atoms with E-state index in [1.807, 2.05) is 36.7 Å². The molecule has 1 saturated heterocycles. The van der Waals surface area contributed by atoms with Crippen LogP contribution in [0.15, 0.2) is 29.8 Å². The molecule has 0 saturated carbocycles. The number of hydrogen-bond acceptors (Lipinski definition) is 6. The van der Waals surface area contributed by atoms with Gasteiger partial charge in [0.1, 0.15) is 6.04 Å². The molecule has 8 heteroatoms. The number of unbranched alkanes of at least 4 members (excludes halogenated alkanes) is 3. The highest BCUT2D eigenvalue weighted by atomic mass is 32.1. The third-order valence-corrected chi connectivity index (χ3v) is 6.96. The van der Waals surface area contributed by atoms with Gasteiger partial charge in [0.2, 0.25) is 11.8 Å². The number of aryl methyl sites for hydroxylation is 1. The molecule has 1 aromatic carbocycles. The Balaban J connectivity index is 1.55. The summed E-state index contributed by atoms with van der Waals surface area (Å²) < 4.78 is 0. The summed E-state index contributed by atoms with van der Waals surface area (Å²) in [5, 5.41) is 13.0. The minimum atomic E-state index is -0.705. The van der Waals surface area contributed by atoms with Crippen molar-refractivity contribution in [3.63, 3.8) is 0 Å². The summed E-state index contributed by atoms with van der Waals surface area (Å²) in [5.74, 6) is -0.502. The van der Waals surface area contributed by atoms with Crippen LogP contribution in [0, 0.1) is 6.92 Å². The van der Waals surface area contributed by atoms with E-state index in [0.29, 0.717) is 13.0 Å². The summed E-state index contributed by atoms with van der Waals surface area (Å²) in [5.41, 5.74) is 11.0. The van der Waals surface area contributed by atoms with Gasteiger partial charge in [0.05, 0.1) is 28.2 Å². The largest absolute Gasteiger partial charge is 0.391 e. The first-order valence-electron chi connectivity index (χ1n) is 11.4. The van der Waals surface area contributed by atoms with E-state index in [2.05, 4.69) is 17.2 Å². The average Bonchev–Trinajstić information content (AvgIpc) is 3.40. The van der Waals surface area contributed by atoms with E-state index in [1.165, 1.54) is 4.90 Å². The van der Waals surface area contributed by atoms with Crippen molar-refractivity contribution in [2.75, 3.05) is 6.54 Å². The van der Waals surface area contributed by atoms with Gasteiger partial charge in [-0.05, 0) is 24.5 Å². The van der Waals surface area contributed by atoms with E-state index in [4.69, 9.17) is 5.73 Å². The van der Waals surface area contributed by atoms with Gasteiger partial charge >= 0.3 is 0 Å². The molecule has 7 nitrogen and oxygen atoms in total. The molecule has 174 valence electrons. The fourth-order valence-corrected chi connectivity index (χ4v) is 4.90. The summed E-state index contributed by atoms with van der Waals surface area (Å²) in [6, 6.07) is 6.69. The molecule has 2 aromatic rings. The summed E-state index contributed by atoms with van der Waals surface area (Å²) in [6.07, 6.45) is 4.33. The summed E-state index contributed by atoms with van der Waals surface area (Å²) in [6.45, 7) is 4.64. The number of benzene rings is 1. The van der Waals surface area contributed by atoms with Crippen LogP contribution < -0.4 is 11.1 Å². The number of aromatic nitrogens is 1. The van der Waals surface area contributed by atoms with Crippen LogP contribution in [0.5, 0.6) is 0 Å². The van der Waals surface area contributed by atoms with Crippen molar-refractivity contribution in [3.05, 3.63) is 41.0 Å². The zero-order valence-electron chi connectivity index (χ0n) is 18.9. The Hall–Kier alpha value is -2.29. The van der Waals surface area contributed by atoms with E-state index in [9.17, 15) is 14.7 Å². The SMILES string of the molecule is CCCCCC[C@H](N)C(=O)N1C[C@H](O)C[C@H]1C(=O)NCc1ccc(-c2scnc2C)cc1. The minimum Gasteiger partial charge on any atom is -0.391 e.